The molecule has 1 saturated heterocycles. The van der Waals surface area contributed by atoms with Crippen LogP contribution in [0.25, 0.3) is 0 Å². The van der Waals surface area contributed by atoms with Crippen molar-refractivity contribution in [3.63, 3.8) is 0 Å². The summed E-state index contributed by atoms with van der Waals surface area (Å²) in [5.41, 5.74) is 0. The molecule has 1 heterocycles. The molecule has 5 nitrogen and oxygen atoms in total. The third-order valence-corrected chi connectivity index (χ3v) is 4.29. The van der Waals surface area contributed by atoms with Crippen LogP contribution in [0.15, 0.2) is 29.2 Å². The van der Waals surface area contributed by atoms with E-state index in [-0.39, 0.29) is 10.9 Å². The van der Waals surface area contributed by atoms with E-state index in [2.05, 4.69) is 10.0 Å². The highest BCUT2D eigenvalue weighted by Gasteiger charge is 2.22. The van der Waals surface area contributed by atoms with Crippen LogP contribution in [0.3, 0.4) is 0 Å². The van der Waals surface area contributed by atoms with Crippen molar-refractivity contribution in [1.82, 2.24) is 10.0 Å². The number of benzene rings is 1. The van der Waals surface area contributed by atoms with Crippen molar-refractivity contribution in [2.75, 3.05) is 20.2 Å². The van der Waals surface area contributed by atoms with Crippen molar-refractivity contribution in [1.29, 1.82) is 0 Å². The number of nitrogens with one attached hydrogen (secondary N) is 2. The highest BCUT2D eigenvalue weighted by atomic mass is 32.2. The zero-order chi connectivity index (χ0) is 12.3. The third kappa shape index (κ3) is 2.96. The van der Waals surface area contributed by atoms with Crippen LogP contribution in [0, 0.1) is 0 Å². The molecule has 0 spiro atoms. The fourth-order valence-corrected chi connectivity index (χ4v) is 3.07. The van der Waals surface area contributed by atoms with Crippen molar-refractivity contribution in [2.45, 2.75) is 17.4 Å². The molecular formula is C11H16N2O3S. The van der Waals surface area contributed by atoms with Gasteiger partial charge in [0.15, 0.2) is 0 Å². The maximum absolute atomic E-state index is 12.0. The molecule has 0 saturated carbocycles. The van der Waals surface area contributed by atoms with Crippen LogP contribution in [-0.2, 0) is 10.0 Å². The van der Waals surface area contributed by atoms with E-state index in [1.807, 2.05) is 0 Å². The van der Waals surface area contributed by atoms with Crippen LogP contribution >= 0.6 is 0 Å². The highest BCUT2D eigenvalue weighted by Crippen LogP contribution is 2.16. The van der Waals surface area contributed by atoms with Gasteiger partial charge in [0, 0.05) is 12.6 Å². The standard InChI is InChI=1S/C11H16N2O3S/c1-16-10-2-4-11(5-3-10)17(14,15)13-9-6-7-12-8-9/h2-5,9,12-13H,6-8H2,1H3/t9-/m0/s1. The van der Waals surface area contributed by atoms with E-state index in [0.29, 0.717) is 12.3 Å². The Labute approximate surface area is 101 Å². The van der Waals surface area contributed by atoms with Gasteiger partial charge in [-0.05, 0) is 37.2 Å². The van der Waals surface area contributed by atoms with Gasteiger partial charge in [0.25, 0.3) is 0 Å². The van der Waals surface area contributed by atoms with Gasteiger partial charge < -0.3 is 10.1 Å². The van der Waals surface area contributed by atoms with Gasteiger partial charge in [0.2, 0.25) is 10.0 Å². The molecule has 1 aromatic rings. The molecule has 0 radical (unpaired) electrons. The summed E-state index contributed by atoms with van der Waals surface area (Å²) >= 11 is 0. The van der Waals surface area contributed by atoms with Gasteiger partial charge in [0.1, 0.15) is 5.75 Å². The van der Waals surface area contributed by atoms with Crippen LogP contribution in [0.2, 0.25) is 0 Å². The predicted octanol–water partition coefficient (Wildman–Crippen LogP) is 0.335. The first-order valence-corrected chi connectivity index (χ1v) is 6.97. The summed E-state index contributed by atoms with van der Waals surface area (Å²) in [6.45, 7) is 1.55. The van der Waals surface area contributed by atoms with Crippen molar-refractivity contribution >= 4 is 10.0 Å². The second-order valence-corrected chi connectivity index (χ2v) is 5.70. The van der Waals surface area contributed by atoms with E-state index in [1.54, 1.807) is 31.4 Å². The van der Waals surface area contributed by atoms with Gasteiger partial charge in [0.05, 0.1) is 12.0 Å². The minimum Gasteiger partial charge on any atom is -0.497 e. The number of hydrogen-bond donors (Lipinski definition) is 2. The van der Waals surface area contributed by atoms with Crippen LogP contribution in [0.5, 0.6) is 5.75 Å². The molecule has 1 atom stereocenters. The maximum Gasteiger partial charge on any atom is 0.240 e. The summed E-state index contributed by atoms with van der Waals surface area (Å²) in [6, 6.07) is 6.36. The zero-order valence-electron chi connectivity index (χ0n) is 9.64. The van der Waals surface area contributed by atoms with Crippen molar-refractivity contribution in [2.24, 2.45) is 0 Å². The number of sulfonamides is 1. The molecule has 2 rings (SSSR count). The van der Waals surface area contributed by atoms with Crippen molar-refractivity contribution < 1.29 is 13.2 Å². The van der Waals surface area contributed by atoms with Gasteiger partial charge >= 0.3 is 0 Å². The summed E-state index contributed by atoms with van der Waals surface area (Å²) in [7, 11) is -1.87. The van der Waals surface area contributed by atoms with Crippen LogP contribution in [-0.4, -0.2) is 34.7 Å². The fourth-order valence-electron chi connectivity index (χ4n) is 1.80. The van der Waals surface area contributed by atoms with Gasteiger partial charge in [-0.2, -0.15) is 0 Å². The van der Waals surface area contributed by atoms with E-state index >= 15 is 0 Å². The number of hydrogen-bond acceptors (Lipinski definition) is 4. The topological polar surface area (TPSA) is 67.4 Å². The molecule has 0 amide bonds. The number of rotatable bonds is 4. The molecule has 6 heteroatoms. The number of ether oxygens (including phenoxy) is 1. The van der Waals surface area contributed by atoms with E-state index in [1.165, 1.54) is 0 Å². The predicted molar refractivity (Wildman–Crippen MR) is 64.6 cm³/mol. The third-order valence-electron chi connectivity index (χ3n) is 2.75. The normalized spacial score (nSPS) is 20.4. The monoisotopic (exact) mass is 256 g/mol. The summed E-state index contributed by atoms with van der Waals surface area (Å²) in [5, 5.41) is 3.12. The van der Waals surface area contributed by atoms with Crippen LogP contribution in [0.1, 0.15) is 6.42 Å². The molecular weight excluding hydrogens is 240 g/mol. The SMILES string of the molecule is COc1ccc(S(=O)(=O)N[C@H]2CCNC2)cc1. The fraction of sp³-hybridized carbons (Fsp3) is 0.455. The minimum atomic E-state index is -3.41. The first-order chi connectivity index (χ1) is 8.12. The zero-order valence-corrected chi connectivity index (χ0v) is 10.5. The average Bonchev–Trinajstić information content (AvgIpc) is 2.81. The van der Waals surface area contributed by atoms with E-state index in [0.717, 1.165) is 13.0 Å². The van der Waals surface area contributed by atoms with Crippen molar-refractivity contribution in [3.05, 3.63) is 24.3 Å². The summed E-state index contributed by atoms with van der Waals surface area (Å²) in [6.07, 6.45) is 0.829. The second kappa shape index (κ2) is 5.03. The van der Waals surface area contributed by atoms with Gasteiger partial charge in [-0.15, -0.1) is 0 Å². The Morgan fingerprint density at radius 2 is 2.06 bits per heavy atom. The molecule has 0 bridgehead atoms. The summed E-state index contributed by atoms with van der Waals surface area (Å²) in [4.78, 5) is 0.269. The smallest absolute Gasteiger partial charge is 0.240 e. The molecule has 1 aliphatic rings. The lowest BCUT2D eigenvalue weighted by Gasteiger charge is -2.12. The van der Waals surface area contributed by atoms with Crippen LogP contribution < -0.4 is 14.8 Å². The molecule has 0 aliphatic carbocycles. The molecule has 1 fully saturated rings. The molecule has 0 aromatic heterocycles. The Kier molecular flexibility index (Phi) is 3.66. The Bertz CT molecular complexity index is 464. The lowest BCUT2D eigenvalue weighted by molar-refractivity contribution is 0.414. The number of methoxy groups -OCH3 is 1. The van der Waals surface area contributed by atoms with Gasteiger partial charge in [-0.3, -0.25) is 0 Å². The summed E-state index contributed by atoms with van der Waals surface area (Å²) < 4.78 is 31.7. The largest absolute Gasteiger partial charge is 0.497 e. The minimum absolute atomic E-state index is 0.0119. The molecule has 2 N–H and O–H groups in total. The Balaban J connectivity index is 2.12. The Morgan fingerprint density at radius 1 is 1.35 bits per heavy atom. The van der Waals surface area contributed by atoms with E-state index < -0.39 is 10.0 Å². The lowest BCUT2D eigenvalue weighted by atomic mass is 10.3. The lowest BCUT2D eigenvalue weighted by Crippen LogP contribution is -2.36. The summed E-state index contributed by atoms with van der Waals surface area (Å²) in [5.74, 6) is 0.645. The van der Waals surface area contributed by atoms with E-state index in [9.17, 15) is 8.42 Å². The highest BCUT2D eigenvalue weighted by molar-refractivity contribution is 7.89. The van der Waals surface area contributed by atoms with Gasteiger partial charge in [-0.25, -0.2) is 13.1 Å². The molecule has 94 valence electrons. The molecule has 17 heavy (non-hydrogen) atoms. The quantitative estimate of drug-likeness (QED) is 0.815. The first kappa shape index (κ1) is 12.3. The van der Waals surface area contributed by atoms with Crippen LogP contribution in [0.4, 0.5) is 0 Å². The molecule has 0 unspecified atom stereocenters. The maximum atomic E-state index is 12.0. The molecule has 1 aromatic carbocycles. The second-order valence-electron chi connectivity index (χ2n) is 3.99. The first-order valence-electron chi connectivity index (χ1n) is 5.49. The Morgan fingerprint density at radius 3 is 2.59 bits per heavy atom. The van der Waals surface area contributed by atoms with Gasteiger partial charge in [-0.1, -0.05) is 0 Å². The Hall–Kier alpha value is -1.11. The van der Waals surface area contributed by atoms with E-state index in [4.69, 9.17) is 4.74 Å². The average molecular weight is 256 g/mol. The molecule has 1 aliphatic heterocycles. The van der Waals surface area contributed by atoms with Crippen molar-refractivity contribution in [3.8, 4) is 5.75 Å².